The SMILES string of the molecule is C=CC(OC(=O)O)c1cccc(C)c1. The van der Waals surface area contributed by atoms with Crippen LogP contribution in [0.4, 0.5) is 4.79 Å². The zero-order valence-corrected chi connectivity index (χ0v) is 7.93. The van der Waals surface area contributed by atoms with Gasteiger partial charge in [-0.1, -0.05) is 36.4 Å². The molecule has 0 aromatic heterocycles. The van der Waals surface area contributed by atoms with E-state index >= 15 is 0 Å². The largest absolute Gasteiger partial charge is 0.506 e. The molecule has 1 rings (SSSR count). The molecular formula is C11H12O3. The zero-order chi connectivity index (χ0) is 10.6. The Morgan fingerprint density at radius 1 is 1.64 bits per heavy atom. The van der Waals surface area contributed by atoms with Crippen molar-refractivity contribution in [2.45, 2.75) is 13.0 Å². The minimum Gasteiger partial charge on any atom is -0.450 e. The monoisotopic (exact) mass is 192 g/mol. The van der Waals surface area contributed by atoms with Gasteiger partial charge < -0.3 is 9.84 Å². The van der Waals surface area contributed by atoms with Gasteiger partial charge in [-0.05, 0) is 18.6 Å². The molecule has 0 heterocycles. The van der Waals surface area contributed by atoms with Crippen molar-refractivity contribution in [2.24, 2.45) is 0 Å². The molecule has 0 fully saturated rings. The van der Waals surface area contributed by atoms with E-state index in [1.807, 2.05) is 31.2 Å². The maximum absolute atomic E-state index is 10.4. The highest BCUT2D eigenvalue weighted by Crippen LogP contribution is 2.19. The quantitative estimate of drug-likeness (QED) is 0.591. The van der Waals surface area contributed by atoms with Crippen LogP contribution in [-0.4, -0.2) is 11.3 Å². The summed E-state index contributed by atoms with van der Waals surface area (Å²) in [6.45, 7) is 5.47. The smallest absolute Gasteiger partial charge is 0.450 e. The fourth-order valence-electron chi connectivity index (χ4n) is 1.21. The molecule has 0 saturated heterocycles. The van der Waals surface area contributed by atoms with Crippen LogP contribution in [-0.2, 0) is 4.74 Å². The lowest BCUT2D eigenvalue weighted by Gasteiger charge is -2.11. The molecule has 3 nitrogen and oxygen atoms in total. The van der Waals surface area contributed by atoms with E-state index in [0.717, 1.165) is 11.1 Å². The third-order valence-corrected chi connectivity index (χ3v) is 1.81. The number of carbonyl (C=O) groups is 1. The first-order valence-corrected chi connectivity index (χ1v) is 4.22. The van der Waals surface area contributed by atoms with Crippen LogP contribution >= 0.6 is 0 Å². The Labute approximate surface area is 82.6 Å². The number of hydrogen-bond acceptors (Lipinski definition) is 2. The minimum absolute atomic E-state index is 0.590. The van der Waals surface area contributed by atoms with Gasteiger partial charge >= 0.3 is 6.16 Å². The number of carboxylic acid groups (broad SMARTS) is 1. The number of benzene rings is 1. The van der Waals surface area contributed by atoms with Crippen molar-refractivity contribution < 1.29 is 14.6 Å². The number of aryl methyl sites for hydroxylation is 1. The van der Waals surface area contributed by atoms with Crippen LogP contribution in [0.2, 0.25) is 0 Å². The second kappa shape index (κ2) is 4.46. The van der Waals surface area contributed by atoms with E-state index in [9.17, 15) is 4.79 Å². The van der Waals surface area contributed by atoms with Crippen molar-refractivity contribution in [3.05, 3.63) is 48.0 Å². The van der Waals surface area contributed by atoms with Crippen molar-refractivity contribution in [1.82, 2.24) is 0 Å². The molecule has 14 heavy (non-hydrogen) atoms. The molecule has 0 aliphatic carbocycles. The normalized spacial score (nSPS) is 11.8. The van der Waals surface area contributed by atoms with Gasteiger partial charge in [-0.15, -0.1) is 0 Å². The highest BCUT2D eigenvalue weighted by molar-refractivity contribution is 5.57. The Kier molecular flexibility index (Phi) is 3.29. The van der Waals surface area contributed by atoms with Crippen LogP contribution in [0, 0.1) is 6.92 Å². The summed E-state index contributed by atoms with van der Waals surface area (Å²) in [5.41, 5.74) is 1.85. The Balaban J connectivity index is 2.89. The predicted octanol–water partition coefficient (Wildman–Crippen LogP) is 2.92. The Morgan fingerprint density at radius 2 is 2.36 bits per heavy atom. The molecular weight excluding hydrogens is 180 g/mol. The zero-order valence-electron chi connectivity index (χ0n) is 7.93. The van der Waals surface area contributed by atoms with Crippen molar-refractivity contribution in [2.75, 3.05) is 0 Å². The molecule has 3 heteroatoms. The van der Waals surface area contributed by atoms with Crippen LogP contribution in [0.15, 0.2) is 36.9 Å². The molecule has 1 unspecified atom stereocenters. The molecule has 1 aromatic rings. The average molecular weight is 192 g/mol. The van der Waals surface area contributed by atoms with Crippen molar-refractivity contribution in [1.29, 1.82) is 0 Å². The fraction of sp³-hybridized carbons (Fsp3) is 0.182. The van der Waals surface area contributed by atoms with E-state index in [2.05, 4.69) is 11.3 Å². The van der Waals surface area contributed by atoms with Crippen LogP contribution in [0.5, 0.6) is 0 Å². The summed E-state index contributed by atoms with van der Waals surface area (Å²) in [5, 5.41) is 8.48. The maximum atomic E-state index is 10.4. The number of hydrogen-bond donors (Lipinski definition) is 1. The van der Waals surface area contributed by atoms with Crippen LogP contribution in [0.3, 0.4) is 0 Å². The highest BCUT2D eigenvalue weighted by Gasteiger charge is 2.11. The van der Waals surface area contributed by atoms with Crippen LogP contribution in [0.25, 0.3) is 0 Å². The molecule has 0 bridgehead atoms. The van der Waals surface area contributed by atoms with Gasteiger partial charge in [-0.3, -0.25) is 0 Å². The third kappa shape index (κ3) is 2.62. The van der Waals surface area contributed by atoms with E-state index in [1.165, 1.54) is 6.08 Å². The molecule has 1 N–H and O–H groups in total. The molecule has 0 aliphatic rings. The van der Waals surface area contributed by atoms with Gasteiger partial charge in [0.25, 0.3) is 0 Å². The van der Waals surface area contributed by atoms with E-state index in [4.69, 9.17) is 5.11 Å². The van der Waals surface area contributed by atoms with Gasteiger partial charge in [0.1, 0.15) is 6.10 Å². The molecule has 0 radical (unpaired) electrons. The summed E-state index contributed by atoms with van der Waals surface area (Å²) < 4.78 is 4.64. The Bertz CT molecular complexity index is 344. The first-order chi connectivity index (χ1) is 6.63. The van der Waals surface area contributed by atoms with Gasteiger partial charge in [0.2, 0.25) is 0 Å². The molecule has 0 aliphatic heterocycles. The minimum atomic E-state index is -1.29. The fourth-order valence-corrected chi connectivity index (χ4v) is 1.21. The summed E-state index contributed by atoms with van der Waals surface area (Å²) in [6, 6.07) is 7.47. The topological polar surface area (TPSA) is 46.5 Å². The summed E-state index contributed by atoms with van der Waals surface area (Å²) in [7, 11) is 0. The van der Waals surface area contributed by atoms with Crippen LogP contribution < -0.4 is 0 Å². The summed E-state index contributed by atoms with van der Waals surface area (Å²) in [4.78, 5) is 10.4. The van der Waals surface area contributed by atoms with Crippen LogP contribution in [0.1, 0.15) is 17.2 Å². The van der Waals surface area contributed by atoms with Crippen molar-refractivity contribution in [3.8, 4) is 0 Å². The number of rotatable bonds is 3. The predicted molar refractivity (Wildman–Crippen MR) is 53.2 cm³/mol. The van der Waals surface area contributed by atoms with Crippen molar-refractivity contribution >= 4 is 6.16 Å². The van der Waals surface area contributed by atoms with Gasteiger partial charge in [-0.2, -0.15) is 0 Å². The first kappa shape index (κ1) is 10.3. The molecule has 1 aromatic carbocycles. The summed E-state index contributed by atoms with van der Waals surface area (Å²) in [5.74, 6) is 0. The highest BCUT2D eigenvalue weighted by atomic mass is 16.7. The lowest BCUT2D eigenvalue weighted by molar-refractivity contribution is 0.0690. The molecule has 0 saturated carbocycles. The van der Waals surface area contributed by atoms with Gasteiger partial charge in [-0.25, -0.2) is 4.79 Å². The van der Waals surface area contributed by atoms with Gasteiger partial charge in [0, 0.05) is 0 Å². The number of ether oxygens (including phenoxy) is 1. The van der Waals surface area contributed by atoms with E-state index in [0.29, 0.717) is 0 Å². The standard InChI is InChI=1S/C11H12O3/c1-3-10(14-11(12)13)9-6-4-5-8(2)7-9/h3-7,10H,1H2,2H3,(H,12,13). The molecule has 0 amide bonds. The average Bonchev–Trinajstić information content (AvgIpc) is 2.14. The first-order valence-electron chi connectivity index (χ1n) is 4.22. The van der Waals surface area contributed by atoms with E-state index < -0.39 is 12.3 Å². The third-order valence-electron chi connectivity index (χ3n) is 1.81. The van der Waals surface area contributed by atoms with Crippen molar-refractivity contribution in [3.63, 3.8) is 0 Å². The van der Waals surface area contributed by atoms with Gasteiger partial charge in [0.05, 0.1) is 0 Å². The maximum Gasteiger partial charge on any atom is 0.506 e. The Hall–Kier alpha value is -1.77. The summed E-state index contributed by atoms with van der Waals surface area (Å²) >= 11 is 0. The van der Waals surface area contributed by atoms with Gasteiger partial charge in [0.15, 0.2) is 0 Å². The lowest BCUT2D eigenvalue weighted by Crippen LogP contribution is -2.06. The Morgan fingerprint density at radius 3 is 2.86 bits per heavy atom. The second-order valence-electron chi connectivity index (χ2n) is 2.95. The molecule has 1 atom stereocenters. The summed E-state index contributed by atoms with van der Waals surface area (Å²) in [6.07, 6.45) is -0.424. The molecule has 0 spiro atoms. The van der Waals surface area contributed by atoms with E-state index in [-0.39, 0.29) is 0 Å². The lowest BCUT2D eigenvalue weighted by atomic mass is 10.1. The van der Waals surface area contributed by atoms with E-state index in [1.54, 1.807) is 0 Å². The molecule has 74 valence electrons. The second-order valence-corrected chi connectivity index (χ2v) is 2.95.